The minimum absolute atomic E-state index is 0.172. The molecule has 0 saturated heterocycles. The van der Waals surface area contributed by atoms with E-state index in [0.29, 0.717) is 6.07 Å². The number of likely N-dealkylation sites (N-methyl/N-ethyl adjacent to an activating group) is 1. The molecular formula is C24H25F7N2O4S. The molecule has 1 N–H and O–H groups in total. The van der Waals surface area contributed by atoms with Gasteiger partial charge in [-0.1, -0.05) is 0 Å². The zero-order valence-corrected chi connectivity index (χ0v) is 21.3. The van der Waals surface area contributed by atoms with E-state index >= 15 is 0 Å². The summed E-state index contributed by atoms with van der Waals surface area (Å²) in [6, 6.07) is 5.11. The summed E-state index contributed by atoms with van der Waals surface area (Å²) in [7, 11) is -0.934. The number of carbonyl (C=O) groups is 1. The van der Waals surface area contributed by atoms with E-state index in [1.165, 1.54) is 37.9 Å². The molecule has 0 saturated carbocycles. The predicted molar refractivity (Wildman–Crippen MR) is 125 cm³/mol. The van der Waals surface area contributed by atoms with Crippen molar-refractivity contribution < 1.29 is 49.6 Å². The van der Waals surface area contributed by atoms with Gasteiger partial charge in [0.1, 0.15) is 29.2 Å². The molecule has 0 aromatic heterocycles. The molecule has 2 atom stereocenters. The van der Waals surface area contributed by atoms with Crippen LogP contribution >= 0.6 is 0 Å². The van der Waals surface area contributed by atoms with Crippen molar-refractivity contribution in [3.8, 4) is 5.75 Å². The van der Waals surface area contributed by atoms with Crippen LogP contribution in [0.25, 0.3) is 0 Å². The standard InChI is InChI=1S/C24H25F7N2O4S/c1-22(2,21(34)35)13-37-19-11-20-18(10-17(19)24(29,30)31)33(15-6-4-14(25)5-7-15)12-16(32(3)38(20)36)8-9-23(26,27)28/h4-7,10-11,16H,8-9,12-13H2,1-3H3,(H,34,35)/t16-,38?/m1/s1. The zero-order chi connectivity index (χ0) is 28.6. The van der Waals surface area contributed by atoms with Crippen molar-refractivity contribution in [2.24, 2.45) is 5.41 Å². The first-order valence-corrected chi connectivity index (χ1v) is 12.4. The minimum atomic E-state index is -4.98. The second-order valence-corrected chi connectivity index (χ2v) is 11.0. The number of hydrogen-bond acceptors (Lipinski definition) is 4. The molecule has 0 bridgehead atoms. The van der Waals surface area contributed by atoms with Crippen LogP contribution in [0.5, 0.6) is 5.75 Å². The third-order valence-electron chi connectivity index (χ3n) is 6.08. The van der Waals surface area contributed by atoms with Crippen LogP contribution in [-0.4, -0.2) is 52.0 Å². The Bertz CT molecular complexity index is 1200. The summed E-state index contributed by atoms with van der Waals surface area (Å²) in [5.41, 5.74) is -2.90. The van der Waals surface area contributed by atoms with Crippen LogP contribution in [0.15, 0.2) is 41.3 Å². The van der Waals surface area contributed by atoms with Crippen LogP contribution in [0.2, 0.25) is 0 Å². The van der Waals surface area contributed by atoms with Gasteiger partial charge in [-0.3, -0.25) is 4.79 Å². The van der Waals surface area contributed by atoms with E-state index in [1.807, 2.05) is 0 Å². The second-order valence-electron chi connectivity index (χ2n) is 9.48. The number of carboxylic acids is 1. The van der Waals surface area contributed by atoms with E-state index < -0.39 is 77.3 Å². The lowest BCUT2D eigenvalue weighted by Gasteiger charge is -2.30. The van der Waals surface area contributed by atoms with Crippen molar-refractivity contribution in [3.63, 3.8) is 0 Å². The van der Waals surface area contributed by atoms with Gasteiger partial charge >= 0.3 is 18.3 Å². The monoisotopic (exact) mass is 570 g/mol. The van der Waals surface area contributed by atoms with Crippen LogP contribution in [-0.2, 0) is 22.0 Å². The highest BCUT2D eigenvalue weighted by Crippen LogP contribution is 2.45. The van der Waals surface area contributed by atoms with E-state index in [0.717, 1.165) is 22.5 Å². The van der Waals surface area contributed by atoms with E-state index in [1.54, 1.807) is 0 Å². The lowest BCUT2D eigenvalue weighted by atomic mass is 9.95. The molecule has 210 valence electrons. The van der Waals surface area contributed by atoms with E-state index in [4.69, 9.17) is 4.74 Å². The van der Waals surface area contributed by atoms with E-state index in [9.17, 15) is 44.8 Å². The molecule has 1 heterocycles. The zero-order valence-electron chi connectivity index (χ0n) is 20.5. The Balaban J connectivity index is 2.19. The Morgan fingerprint density at radius 3 is 2.24 bits per heavy atom. The molecule has 1 aliphatic heterocycles. The Morgan fingerprint density at radius 1 is 1.11 bits per heavy atom. The average molecular weight is 571 g/mol. The van der Waals surface area contributed by atoms with Crippen molar-refractivity contribution in [1.29, 1.82) is 0 Å². The van der Waals surface area contributed by atoms with Gasteiger partial charge in [0.05, 0.1) is 21.6 Å². The lowest BCUT2D eigenvalue weighted by Crippen LogP contribution is -2.39. The highest BCUT2D eigenvalue weighted by Gasteiger charge is 2.41. The first kappa shape index (κ1) is 29.7. The van der Waals surface area contributed by atoms with Gasteiger partial charge < -0.3 is 14.7 Å². The van der Waals surface area contributed by atoms with Gasteiger partial charge in [0.25, 0.3) is 0 Å². The molecule has 3 rings (SSSR count). The number of halogens is 7. The average Bonchev–Trinajstić information content (AvgIpc) is 2.90. The number of hydrogen-bond donors (Lipinski definition) is 1. The van der Waals surface area contributed by atoms with Gasteiger partial charge in [-0.15, -0.1) is 0 Å². The minimum Gasteiger partial charge on any atom is -0.492 e. The maximum atomic E-state index is 14.1. The number of ether oxygens (including phenoxy) is 1. The molecule has 14 heteroatoms. The largest absolute Gasteiger partial charge is 0.492 e. The number of anilines is 2. The molecule has 6 nitrogen and oxygen atoms in total. The fourth-order valence-corrected chi connectivity index (χ4v) is 5.05. The normalized spacial score (nSPS) is 19.2. The maximum absolute atomic E-state index is 14.1. The maximum Gasteiger partial charge on any atom is 0.420 e. The van der Waals surface area contributed by atoms with E-state index in [2.05, 4.69) is 0 Å². The quantitative estimate of drug-likeness (QED) is 0.405. The third kappa shape index (κ3) is 6.76. The fourth-order valence-electron chi connectivity index (χ4n) is 3.74. The second kappa shape index (κ2) is 10.7. The van der Waals surface area contributed by atoms with Gasteiger partial charge in [0, 0.05) is 37.8 Å². The first-order valence-electron chi connectivity index (χ1n) is 11.3. The van der Waals surface area contributed by atoms with Crippen LogP contribution in [0.1, 0.15) is 32.3 Å². The third-order valence-corrected chi connectivity index (χ3v) is 7.61. The Morgan fingerprint density at radius 2 is 1.71 bits per heavy atom. The molecule has 0 radical (unpaired) electrons. The summed E-state index contributed by atoms with van der Waals surface area (Å²) in [5, 5.41) is 9.30. The van der Waals surface area contributed by atoms with Gasteiger partial charge in [-0.05, 0) is 50.6 Å². The molecule has 1 aliphatic rings. The lowest BCUT2D eigenvalue weighted by molar-refractivity contribution is -0.148. The summed E-state index contributed by atoms with van der Waals surface area (Å²) in [5.74, 6) is -2.74. The van der Waals surface area contributed by atoms with Crippen molar-refractivity contribution in [2.75, 3.05) is 25.1 Å². The molecular weight excluding hydrogens is 545 g/mol. The number of alkyl halides is 6. The molecule has 0 amide bonds. The van der Waals surface area contributed by atoms with Gasteiger partial charge in [0.15, 0.2) is 0 Å². The van der Waals surface area contributed by atoms with Crippen molar-refractivity contribution in [3.05, 3.63) is 47.8 Å². The Labute approximate surface area is 216 Å². The summed E-state index contributed by atoms with van der Waals surface area (Å²) in [4.78, 5) is 12.5. The molecule has 38 heavy (non-hydrogen) atoms. The summed E-state index contributed by atoms with van der Waals surface area (Å²) in [6.07, 6.45) is -11.2. The van der Waals surface area contributed by atoms with Crippen LogP contribution < -0.4 is 9.64 Å². The number of nitrogens with zero attached hydrogens (tertiary/aromatic N) is 2. The summed E-state index contributed by atoms with van der Waals surface area (Å²) < 4.78 is 115. The molecule has 0 spiro atoms. The Kier molecular flexibility index (Phi) is 8.37. The van der Waals surface area contributed by atoms with Gasteiger partial charge in [-0.2, -0.15) is 26.3 Å². The predicted octanol–water partition coefficient (Wildman–Crippen LogP) is 6.15. The highest BCUT2D eigenvalue weighted by atomic mass is 32.2. The van der Waals surface area contributed by atoms with Crippen molar-refractivity contribution in [1.82, 2.24) is 4.31 Å². The van der Waals surface area contributed by atoms with Crippen molar-refractivity contribution in [2.45, 2.75) is 50.0 Å². The summed E-state index contributed by atoms with van der Waals surface area (Å²) in [6.45, 7) is 1.57. The number of benzene rings is 2. The smallest absolute Gasteiger partial charge is 0.420 e. The van der Waals surface area contributed by atoms with Crippen LogP contribution in [0.3, 0.4) is 0 Å². The highest BCUT2D eigenvalue weighted by molar-refractivity contribution is 7.82. The number of fused-ring (bicyclic) bond motifs is 1. The fraction of sp³-hybridized carbons (Fsp3) is 0.458. The number of carboxylic acid groups (broad SMARTS) is 1. The van der Waals surface area contributed by atoms with Crippen LogP contribution in [0.4, 0.5) is 42.1 Å². The molecule has 1 unspecified atom stereocenters. The van der Waals surface area contributed by atoms with Crippen molar-refractivity contribution >= 4 is 28.3 Å². The van der Waals surface area contributed by atoms with Gasteiger partial charge in [0.2, 0.25) is 0 Å². The first-order chi connectivity index (χ1) is 17.4. The Hall–Kier alpha value is -2.87. The molecule has 0 fully saturated rings. The van der Waals surface area contributed by atoms with E-state index in [-0.39, 0.29) is 22.8 Å². The molecule has 2 aromatic rings. The van der Waals surface area contributed by atoms with Gasteiger partial charge in [-0.25, -0.2) is 12.9 Å². The summed E-state index contributed by atoms with van der Waals surface area (Å²) >= 11 is 0. The molecule has 0 aliphatic carbocycles. The SMILES string of the molecule is CN1[C@H](CCC(F)(F)F)CN(c2ccc(F)cc2)c2cc(C(F)(F)F)c(OCC(C)(C)C(=O)O)cc2S1=O. The number of rotatable bonds is 7. The van der Waals surface area contributed by atoms with Crippen LogP contribution in [0, 0.1) is 11.2 Å². The molecule has 2 aromatic carbocycles. The number of aliphatic carboxylic acids is 1. The topological polar surface area (TPSA) is 70.1 Å².